The molecule has 0 aliphatic carbocycles. The number of hydrogen-bond donors (Lipinski definition) is 1. The molecule has 1 aromatic rings. The van der Waals surface area contributed by atoms with Gasteiger partial charge in [-0.3, -0.25) is 4.79 Å². The monoisotopic (exact) mass is 374 g/mol. The van der Waals surface area contributed by atoms with Gasteiger partial charge in [0.15, 0.2) is 0 Å². The predicted molar refractivity (Wildman–Crippen MR) is 99.7 cm³/mol. The number of nitrogens with zero attached hydrogens (tertiary/aromatic N) is 1. The molecule has 2 saturated heterocycles. The molecule has 0 radical (unpaired) electrons. The molecule has 0 unspecified atom stereocenters. The van der Waals surface area contributed by atoms with E-state index in [2.05, 4.69) is 10.2 Å². The smallest absolute Gasteiger partial charge is 0.223 e. The van der Waals surface area contributed by atoms with Crippen LogP contribution in [0.2, 0.25) is 5.02 Å². The van der Waals surface area contributed by atoms with E-state index in [-0.39, 0.29) is 12.4 Å². The second-order valence-electron chi connectivity index (χ2n) is 6.19. The van der Waals surface area contributed by atoms with Gasteiger partial charge in [0.05, 0.1) is 0 Å². The van der Waals surface area contributed by atoms with Crippen LogP contribution in [0.15, 0.2) is 29.2 Å². The third-order valence-electron chi connectivity index (χ3n) is 4.77. The normalized spacial score (nSPS) is 23.8. The average Bonchev–Trinajstić information content (AvgIpc) is 2.87. The van der Waals surface area contributed by atoms with Gasteiger partial charge < -0.3 is 10.2 Å². The largest absolute Gasteiger partial charge is 0.343 e. The van der Waals surface area contributed by atoms with Gasteiger partial charge in [-0.1, -0.05) is 11.6 Å². The van der Waals surface area contributed by atoms with Crippen molar-refractivity contribution in [1.29, 1.82) is 0 Å². The molecule has 1 aromatic carbocycles. The highest BCUT2D eigenvalue weighted by Crippen LogP contribution is 2.27. The molecular weight excluding hydrogens is 351 g/mol. The van der Waals surface area contributed by atoms with Crippen molar-refractivity contribution in [1.82, 2.24) is 10.2 Å². The van der Waals surface area contributed by atoms with Crippen molar-refractivity contribution in [3.05, 3.63) is 29.3 Å². The Morgan fingerprint density at radius 1 is 1.17 bits per heavy atom. The van der Waals surface area contributed by atoms with Crippen LogP contribution in [0, 0.1) is 11.8 Å². The molecule has 6 heteroatoms. The second-order valence-corrected chi connectivity index (χ2v) is 7.79. The fourth-order valence-corrected chi connectivity index (χ4v) is 4.38. The highest BCUT2D eigenvalue weighted by atomic mass is 35.5. The van der Waals surface area contributed by atoms with Crippen LogP contribution in [0.1, 0.15) is 19.3 Å². The fourth-order valence-electron chi connectivity index (χ4n) is 3.41. The Hall–Kier alpha value is -0.420. The average molecular weight is 375 g/mol. The molecule has 2 aliphatic heterocycles. The highest BCUT2D eigenvalue weighted by molar-refractivity contribution is 7.99. The number of hydrogen-bond acceptors (Lipinski definition) is 3. The van der Waals surface area contributed by atoms with Crippen molar-refractivity contribution >= 4 is 41.7 Å². The SMILES string of the molecule is Cl.O=C(CCSc1ccc(Cl)cc1)N1CC[C@@H]2CNC[C@@H]2CC1. The summed E-state index contributed by atoms with van der Waals surface area (Å²) in [7, 11) is 0. The maximum atomic E-state index is 12.4. The summed E-state index contributed by atoms with van der Waals surface area (Å²) in [6.07, 6.45) is 2.95. The van der Waals surface area contributed by atoms with Crippen molar-refractivity contribution in [2.75, 3.05) is 31.9 Å². The number of rotatable bonds is 4. The van der Waals surface area contributed by atoms with E-state index in [1.54, 1.807) is 11.8 Å². The molecule has 2 heterocycles. The molecular formula is C17H24Cl2N2OS. The molecule has 3 nitrogen and oxygen atoms in total. The summed E-state index contributed by atoms with van der Waals surface area (Å²) in [6, 6.07) is 7.82. The molecule has 2 fully saturated rings. The Morgan fingerprint density at radius 3 is 2.39 bits per heavy atom. The maximum Gasteiger partial charge on any atom is 0.223 e. The van der Waals surface area contributed by atoms with Crippen LogP contribution in [0.25, 0.3) is 0 Å². The Kier molecular flexibility index (Phi) is 7.54. The molecule has 1 amide bonds. The molecule has 0 bridgehead atoms. The summed E-state index contributed by atoms with van der Waals surface area (Å²) < 4.78 is 0. The minimum atomic E-state index is 0. The van der Waals surface area contributed by atoms with E-state index >= 15 is 0 Å². The van der Waals surface area contributed by atoms with Gasteiger partial charge in [0.25, 0.3) is 0 Å². The van der Waals surface area contributed by atoms with Gasteiger partial charge in [-0.05, 0) is 62.0 Å². The van der Waals surface area contributed by atoms with Crippen LogP contribution in [0.4, 0.5) is 0 Å². The van der Waals surface area contributed by atoms with E-state index in [9.17, 15) is 4.79 Å². The number of likely N-dealkylation sites (tertiary alicyclic amines) is 1. The zero-order chi connectivity index (χ0) is 15.4. The van der Waals surface area contributed by atoms with Gasteiger partial charge >= 0.3 is 0 Å². The lowest BCUT2D eigenvalue weighted by Gasteiger charge is -2.20. The topological polar surface area (TPSA) is 32.3 Å². The number of carbonyl (C=O) groups is 1. The van der Waals surface area contributed by atoms with E-state index in [0.29, 0.717) is 12.3 Å². The summed E-state index contributed by atoms with van der Waals surface area (Å²) in [4.78, 5) is 15.6. The Balaban J connectivity index is 0.00000192. The van der Waals surface area contributed by atoms with Gasteiger partial charge in [0, 0.05) is 35.2 Å². The van der Waals surface area contributed by atoms with Crippen molar-refractivity contribution < 1.29 is 4.79 Å². The van der Waals surface area contributed by atoms with E-state index in [1.165, 1.54) is 4.90 Å². The van der Waals surface area contributed by atoms with Gasteiger partial charge in [-0.15, -0.1) is 24.2 Å². The lowest BCUT2D eigenvalue weighted by Crippen LogP contribution is -2.32. The van der Waals surface area contributed by atoms with Crippen LogP contribution >= 0.6 is 35.8 Å². The standard InChI is InChI=1S/C17H23ClN2OS.ClH/c18-15-1-3-16(4-2-15)22-10-7-17(21)20-8-5-13-11-19-12-14(13)6-9-20;/h1-4,13-14,19H,5-12H2;1H/t13-,14+;. The molecule has 0 saturated carbocycles. The minimum Gasteiger partial charge on any atom is -0.343 e. The van der Waals surface area contributed by atoms with Gasteiger partial charge in [0.1, 0.15) is 0 Å². The van der Waals surface area contributed by atoms with Crippen molar-refractivity contribution in [2.24, 2.45) is 11.8 Å². The van der Waals surface area contributed by atoms with E-state index in [4.69, 9.17) is 11.6 Å². The Morgan fingerprint density at radius 2 is 1.78 bits per heavy atom. The van der Waals surface area contributed by atoms with Crippen LogP contribution in [-0.4, -0.2) is 42.7 Å². The number of halogens is 2. The first-order valence-corrected chi connectivity index (χ1v) is 9.45. The number of benzene rings is 1. The molecule has 2 atom stereocenters. The maximum absolute atomic E-state index is 12.4. The van der Waals surface area contributed by atoms with Crippen molar-refractivity contribution in [3.63, 3.8) is 0 Å². The Labute approximate surface area is 153 Å². The molecule has 128 valence electrons. The lowest BCUT2D eigenvalue weighted by molar-refractivity contribution is -0.130. The van der Waals surface area contributed by atoms with Gasteiger partial charge in [0.2, 0.25) is 5.91 Å². The minimum absolute atomic E-state index is 0. The number of carbonyl (C=O) groups excluding carboxylic acids is 1. The molecule has 0 aromatic heterocycles. The molecule has 3 rings (SSSR count). The number of nitrogens with one attached hydrogen (secondary N) is 1. The summed E-state index contributed by atoms with van der Waals surface area (Å²) in [5, 5.41) is 4.23. The van der Waals surface area contributed by atoms with Crippen LogP contribution in [-0.2, 0) is 4.79 Å². The van der Waals surface area contributed by atoms with E-state index in [0.717, 1.165) is 61.6 Å². The lowest BCUT2D eigenvalue weighted by atomic mass is 9.92. The van der Waals surface area contributed by atoms with Gasteiger partial charge in [-0.2, -0.15) is 0 Å². The summed E-state index contributed by atoms with van der Waals surface area (Å²) in [6.45, 7) is 4.15. The Bertz CT molecular complexity index is 498. The summed E-state index contributed by atoms with van der Waals surface area (Å²) in [5.41, 5.74) is 0. The molecule has 2 aliphatic rings. The highest BCUT2D eigenvalue weighted by Gasteiger charge is 2.31. The third kappa shape index (κ3) is 5.28. The zero-order valence-corrected chi connectivity index (χ0v) is 15.6. The van der Waals surface area contributed by atoms with Crippen molar-refractivity contribution in [2.45, 2.75) is 24.2 Å². The summed E-state index contributed by atoms with van der Waals surface area (Å²) in [5.74, 6) is 2.71. The third-order valence-corrected chi connectivity index (χ3v) is 6.04. The first kappa shape index (κ1) is 18.9. The molecule has 1 N–H and O–H groups in total. The number of thioether (sulfide) groups is 1. The molecule has 0 spiro atoms. The zero-order valence-electron chi connectivity index (χ0n) is 13.2. The second kappa shape index (κ2) is 9.16. The first-order valence-electron chi connectivity index (χ1n) is 8.09. The predicted octanol–water partition coefficient (Wildman–Crippen LogP) is 3.70. The van der Waals surface area contributed by atoms with E-state index < -0.39 is 0 Å². The van der Waals surface area contributed by atoms with Crippen LogP contribution in [0.5, 0.6) is 0 Å². The fraction of sp³-hybridized carbons (Fsp3) is 0.588. The van der Waals surface area contributed by atoms with Crippen LogP contribution < -0.4 is 5.32 Å². The number of fused-ring (bicyclic) bond motifs is 1. The first-order chi connectivity index (χ1) is 10.7. The summed E-state index contributed by atoms with van der Waals surface area (Å²) >= 11 is 7.61. The molecule has 23 heavy (non-hydrogen) atoms. The van der Waals surface area contributed by atoms with Crippen LogP contribution in [0.3, 0.4) is 0 Å². The number of amides is 1. The van der Waals surface area contributed by atoms with Gasteiger partial charge in [-0.25, -0.2) is 0 Å². The quantitative estimate of drug-likeness (QED) is 0.815. The van der Waals surface area contributed by atoms with E-state index in [1.807, 2.05) is 24.3 Å². The van der Waals surface area contributed by atoms with Crippen molar-refractivity contribution in [3.8, 4) is 0 Å².